The highest BCUT2D eigenvalue weighted by atomic mass is 32.2. The van der Waals surface area contributed by atoms with E-state index >= 15 is 0 Å². The molecule has 1 N–H and O–H groups in total. The molecular weight excluding hydrogens is 330 g/mol. The molecule has 1 rings (SSSR count). The normalized spacial score (nSPS) is 12.5. The number of hydrogen-bond donors (Lipinski definition) is 1. The maximum absolute atomic E-state index is 12.1. The second-order valence-electron chi connectivity index (χ2n) is 3.32. The van der Waals surface area contributed by atoms with Crippen molar-refractivity contribution >= 4 is 33.1 Å². The van der Waals surface area contributed by atoms with Crippen LogP contribution in [0.1, 0.15) is 0 Å². The number of methoxy groups -OCH3 is 1. The summed E-state index contributed by atoms with van der Waals surface area (Å²) in [6, 6.07) is 3.71. The number of nitro groups is 1. The number of hydrogen-bond acceptors (Lipinski definition) is 8. The Hall–Kier alpha value is -2.09. The molecule has 0 saturated carbocycles. The Labute approximate surface area is 121 Å². The Morgan fingerprint density at radius 3 is 2.57 bits per heavy atom. The molecule has 0 saturated heterocycles. The van der Waals surface area contributed by atoms with Gasteiger partial charge in [-0.25, -0.2) is 4.79 Å². The Morgan fingerprint density at radius 1 is 1.48 bits per heavy atom. The van der Waals surface area contributed by atoms with Crippen LogP contribution >= 0.6 is 0 Å². The summed E-state index contributed by atoms with van der Waals surface area (Å²) in [5.41, 5.74) is -0.552. The van der Waals surface area contributed by atoms with Gasteiger partial charge in [-0.05, 0) is 6.07 Å². The molecular formula is C8H8N3O8S2-. The van der Waals surface area contributed by atoms with Crippen LogP contribution in [0.25, 0.3) is 0 Å². The lowest BCUT2D eigenvalue weighted by Crippen LogP contribution is -2.47. The Bertz CT molecular complexity index is 689. The van der Waals surface area contributed by atoms with Gasteiger partial charge in [0.2, 0.25) is 0 Å². The molecule has 11 nitrogen and oxygen atoms in total. The Balaban J connectivity index is 3.34. The number of benzene rings is 1. The molecule has 0 bridgehead atoms. The van der Waals surface area contributed by atoms with Crippen LogP contribution in [0.5, 0.6) is 0 Å². The molecule has 1 amide bonds. The lowest BCUT2D eigenvalue weighted by Gasteiger charge is -2.22. The third kappa shape index (κ3) is 3.94. The molecule has 0 radical (unpaired) electrons. The van der Waals surface area contributed by atoms with E-state index in [1.54, 1.807) is 0 Å². The molecule has 1 aromatic rings. The third-order valence-corrected chi connectivity index (χ3v) is 4.08. The fraction of sp³-hybridized carbons (Fsp3) is 0.125. The van der Waals surface area contributed by atoms with Crippen molar-refractivity contribution in [1.29, 1.82) is 0 Å². The SMILES string of the molecule is COC(=O)N(NS(=O)[O-])S(=O)(=O)c1cccc([N+](=O)[O-])c1. The molecule has 0 spiro atoms. The summed E-state index contributed by atoms with van der Waals surface area (Å²) in [6.45, 7) is 0. The molecule has 21 heavy (non-hydrogen) atoms. The highest BCUT2D eigenvalue weighted by Gasteiger charge is 2.31. The average Bonchev–Trinajstić information content (AvgIpc) is 2.43. The van der Waals surface area contributed by atoms with E-state index in [4.69, 9.17) is 0 Å². The monoisotopic (exact) mass is 338 g/mol. The number of nitro benzene ring substituents is 1. The topological polar surface area (TPSA) is 159 Å². The zero-order valence-electron chi connectivity index (χ0n) is 10.3. The van der Waals surface area contributed by atoms with Crippen LogP contribution in [0, 0.1) is 10.1 Å². The predicted octanol–water partition coefficient (Wildman–Crippen LogP) is -0.349. The highest BCUT2D eigenvalue weighted by molar-refractivity contribution is 7.90. The summed E-state index contributed by atoms with van der Waals surface area (Å²) in [5, 5.41) is 10.6. The van der Waals surface area contributed by atoms with Crippen LogP contribution in [0.2, 0.25) is 0 Å². The van der Waals surface area contributed by atoms with Crippen LogP contribution in [-0.4, -0.2) is 39.7 Å². The number of carbonyl (C=O) groups is 1. The minimum Gasteiger partial charge on any atom is -0.759 e. The van der Waals surface area contributed by atoms with Gasteiger partial charge in [0.05, 0.1) is 16.9 Å². The largest absolute Gasteiger partial charge is 0.759 e. The number of nitrogens with zero attached hydrogens (tertiary/aromatic N) is 2. The van der Waals surface area contributed by atoms with Gasteiger partial charge in [-0.3, -0.25) is 14.3 Å². The smallest absolute Gasteiger partial charge is 0.439 e. The highest BCUT2D eigenvalue weighted by Crippen LogP contribution is 2.20. The first-order valence-corrected chi connectivity index (χ1v) is 7.45. The molecule has 1 aromatic carbocycles. The maximum Gasteiger partial charge on any atom is 0.439 e. The first kappa shape index (κ1) is 17.0. The van der Waals surface area contributed by atoms with E-state index in [1.165, 1.54) is 4.83 Å². The fourth-order valence-electron chi connectivity index (χ4n) is 1.20. The van der Waals surface area contributed by atoms with E-state index in [1.807, 2.05) is 0 Å². The summed E-state index contributed by atoms with van der Waals surface area (Å²) in [4.78, 5) is 21.8. The Kier molecular flexibility index (Phi) is 5.31. The van der Waals surface area contributed by atoms with Crippen molar-refractivity contribution in [2.45, 2.75) is 4.90 Å². The van der Waals surface area contributed by atoms with Gasteiger partial charge in [-0.1, -0.05) is 6.07 Å². The summed E-state index contributed by atoms with van der Waals surface area (Å²) in [7, 11) is -3.89. The standard InChI is InChI=1S/C8H9N3O8S2/c1-19-8(12)10(9-20(15)16)21(17,18)7-4-2-3-6(5-7)11(13)14/h2-5,9H,1H3,(H,15,16)/p-1. The minimum atomic E-state index is -4.71. The summed E-state index contributed by atoms with van der Waals surface area (Å²) in [6.07, 6.45) is -1.54. The molecule has 1 atom stereocenters. The zero-order valence-corrected chi connectivity index (χ0v) is 11.9. The number of sulfonamides is 1. The molecule has 0 aliphatic carbocycles. The van der Waals surface area contributed by atoms with Gasteiger partial charge in [0.1, 0.15) is 0 Å². The lowest BCUT2D eigenvalue weighted by atomic mass is 10.3. The minimum absolute atomic E-state index is 0.296. The summed E-state index contributed by atoms with van der Waals surface area (Å²) < 4.78 is 49.2. The molecule has 0 aliphatic heterocycles. The molecule has 1 unspecified atom stereocenters. The van der Waals surface area contributed by atoms with E-state index in [-0.39, 0.29) is 4.41 Å². The summed E-state index contributed by atoms with van der Waals surface area (Å²) >= 11 is -3.14. The number of hydrazine groups is 1. The van der Waals surface area contributed by atoms with Crippen molar-refractivity contribution in [3.05, 3.63) is 34.4 Å². The molecule has 0 heterocycles. The van der Waals surface area contributed by atoms with Crippen LogP contribution < -0.4 is 4.83 Å². The van der Waals surface area contributed by atoms with Crippen molar-refractivity contribution < 1.29 is 31.6 Å². The molecule has 0 aliphatic rings. The number of nitrogens with one attached hydrogen (secondary N) is 1. The molecule has 116 valence electrons. The first-order valence-electron chi connectivity index (χ1n) is 4.93. The van der Waals surface area contributed by atoms with Crippen LogP contribution in [0.4, 0.5) is 10.5 Å². The van der Waals surface area contributed by atoms with Crippen molar-refractivity contribution in [2.24, 2.45) is 0 Å². The van der Waals surface area contributed by atoms with E-state index in [9.17, 15) is 32.1 Å². The van der Waals surface area contributed by atoms with Crippen molar-refractivity contribution in [1.82, 2.24) is 9.25 Å². The average molecular weight is 338 g/mol. The quantitative estimate of drug-likeness (QED) is 0.433. The van der Waals surface area contributed by atoms with Crippen molar-refractivity contribution in [2.75, 3.05) is 7.11 Å². The predicted molar refractivity (Wildman–Crippen MR) is 66.6 cm³/mol. The Morgan fingerprint density at radius 2 is 2.10 bits per heavy atom. The number of carbonyl (C=O) groups excluding carboxylic acids is 1. The number of non-ortho nitro benzene ring substituents is 1. The van der Waals surface area contributed by atoms with Crippen molar-refractivity contribution in [3.8, 4) is 0 Å². The van der Waals surface area contributed by atoms with E-state index in [0.717, 1.165) is 25.3 Å². The van der Waals surface area contributed by atoms with Gasteiger partial charge >= 0.3 is 6.09 Å². The molecule has 0 aromatic heterocycles. The lowest BCUT2D eigenvalue weighted by molar-refractivity contribution is -0.385. The van der Waals surface area contributed by atoms with Gasteiger partial charge in [0.25, 0.3) is 15.7 Å². The molecule has 0 fully saturated rings. The number of amides is 1. The fourth-order valence-corrected chi connectivity index (χ4v) is 2.98. The molecule has 13 heteroatoms. The van der Waals surface area contributed by atoms with Gasteiger partial charge in [-0.15, -0.1) is 9.25 Å². The van der Waals surface area contributed by atoms with Crippen LogP contribution in [0.15, 0.2) is 29.2 Å². The van der Waals surface area contributed by atoms with Crippen LogP contribution in [0.3, 0.4) is 0 Å². The number of rotatable bonds is 5. The third-order valence-electron chi connectivity index (χ3n) is 2.06. The van der Waals surface area contributed by atoms with Crippen LogP contribution in [-0.2, 0) is 26.0 Å². The first-order chi connectivity index (χ1) is 9.70. The van der Waals surface area contributed by atoms with E-state index < -0.39 is 42.9 Å². The van der Waals surface area contributed by atoms with E-state index in [2.05, 4.69) is 4.74 Å². The zero-order chi connectivity index (χ0) is 16.2. The number of ether oxygens (including phenoxy) is 1. The van der Waals surface area contributed by atoms with Gasteiger partial charge in [0, 0.05) is 23.4 Å². The van der Waals surface area contributed by atoms with Gasteiger partial charge < -0.3 is 9.29 Å². The van der Waals surface area contributed by atoms with Gasteiger partial charge in [0.15, 0.2) is 0 Å². The second-order valence-corrected chi connectivity index (χ2v) is 5.76. The summed E-state index contributed by atoms with van der Waals surface area (Å²) in [5.74, 6) is 0. The van der Waals surface area contributed by atoms with Crippen molar-refractivity contribution in [3.63, 3.8) is 0 Å². The van der Waals surface area contributed by atoms with Gasteiger partial charge in [-0.2, -0.15) is 8.42 Å². The maximum atomic E-state index is 12.1. The van der Waals surface area contributed by atoms with E-state index in [0.29, 0.717) is 6.07 Å². The second kappa shape index (κ2) is 6.57.